The van der Waals surface area contributed by atoms with Crippen LogP contribution in [0.1, 0.15) is 19.8 Å². The first-order valence-electron chi connectivity index (χ1n) is 6.59. The molecule has 0 atom stereocenters. The summed E-state index contributed by atoms with van der Waals surface area (Å²) >= 11 is 5.50. The topological polar surface area (TPSA) is 18.5 Å². The Kier molecular flexibility index (Phi) is 4.42. The lowest BCUT2D eigenvalue weighted by Crippen LogP contribution is -2.47. The van der Waals surface area contributed by atoms with Gasteiger partial charge in [-0.3, -0.25) is 0 Å². The largest absolute Gasteiger partial charge is 0.371 e. The van der Waals surface area contributed by atoms with Gasteiger partial charge in [0.05, 0.1) is 11.4 Å². The zero-order valence-corrected chi connectivity index (χ0v) is 12.0. The molecule has 0 aromatic heterocycles. The molecule has 0 aliphatic carbocycles. The van der Waals surface area contributed by atoms with Gasteiger partial charge in [-0.15, -0.1) is 0 Å². The molecule has 0 fully saturated rings. The maximum Gasteiger partial charge on any atom is 0.173 e. The van der Waals surface area contributed by atoms with E-state index in [4.69, 9.17) is 12.2 Å². The minimum atomic E-state index is 0.851. The second-order valence-corrected chi connectivity index (χ2v) is 5.03. The van der Waals surface area contributed by atoms with Gasteiger partial charge in [-0.1, -0.05) is 25.5 Å². The van der Waals surface area contributed by atoms with Gasteiger partial charge in [0.1, 0.15) is 0 Å². The van der Waals surface area contributed by atoms with Crippen molar-refractivity contribution in [2.75, 3.05) is 36.5 Å². The van der Waals surface area contributed by atoms with E-state index in [-0.39, 0.29) is 0 Å². The number of unbranched alkanes of at least 4 members (excludes halogenated alkanes) is 1. The molecule has 0 unspecified atom stereocenters. The number of para-hydroxylation sites is 2. The summed E-state index contributed by atoms with van der Waals surface area (Å²) in [6, 6.07) is 8.43. The van der Waals surface area contributed by atoms with Gasteiger partial charge >= 0.3 is 0 Å². The van der Waals surface area contributed by atoms with E-state index in [2.05, 4.69) is 53.4 Å². The first-order chi connectivity index (χ1) is 8.74. The van der Waals surface area contributed by atoms with Gasteiger partial charge in [0, 0.05) is 26.7 Å². The predicted molar refractivity (Wildman–Crippen MR) is 82.6 cm³/mol. The molecule has 0 amide bonds. The van der Waals surface area contributed by atoms with Gasteiger partial charge in [0.25, 0.3) is 0 Å². The molecule has 1 N–H and O–H groups in total. The zero-order chi connectivity index (χ0) is 13.0. The summed E-state index contributed by atoms with van der Waals surface area (Å²) in [5.74, 6) is 0. The molecule has 0 saturated heterocycles. The molecule has 1 aromatic carbocycles. The van der Waals surface area contributed by atoms with Gasteiger partial charge in [-0.25, -0.2) is 0 Å². The van der Waals surface area contributed by atoms with Crippen molar-refractivity contribution < 1.29 is 0 Å². The molecule has 1 aliphatic heterocycles. The maximum atomic E-state index is 5.50. The molecule has 98 valence electrons. The van der Waals surface area contributed by atoms with Gasteiger partial charge in [0.2, 0.25) is 0 Å². The molecular formula is C14H21N3S. The van der Waals surface area contributed by atoms with E-state index in [0.717, 1.165) is 31.2 Å². The fraction of sp³-hybridized carbons (Fsp3) is 0.500. The maximum absolute atomic E-state index is 5.50. The molecule has 2 rings (SSSR count). The van der Waals surface area contributed by atoms with Crippen molar-refractivity contribution in [2.45, 2.75) is 19.8 Å². The number of rotatable bonds is 3. The zero-order valence-electron chi connectivity index (χ0n) is 11.1. The average molecular weight is 263 g/mol. The molecule has 0 radical (unpaired) electrons. The van der Waals surface area contributed by atoms with Crippen LogP contribution in [0.4, 0.5) is 11.4 Å². The van der Waals surface area contributed by atoms with Crippen molar-refractivity contribution in [3.8, 4) is 0 Å². The van der Waals surface area contributed by atoms with Crippen LogP contribution in [0, 0.1) is 0 Å². The monoisotopic (exact) mass is 263 g/mol. The SMILES string of the molecule is CCCCNC(=S)N1CCN(C)c2ccccc21. The Morgan fingerprint density at radius 3 is 2.72 bits per heavy atom. The highest BCUT2D eigenvalue weighted by Crippen LogP contribution is 2.31. The van der Waals surface area contributed by atoms with Crippen molar-refractivity contribution in [2.24, 2.45) is 0 Å². The Morgan fingerprint density at radius 1 is 1.28 bits per heavy atom. The van der Waals surface area contributed by atoms with Crippen LogP contribution >= 0.6 is 12.2 Å². The number of nitrogens with one attached hydrogen (secondary N) is 1. The van der Waals surface area contributed by atoms with Crippen molar-refractivity contribution >= 4 is 28.7 Å². The van der Waals surface area contributed by atoms with Crippen LogP contribution in [0.5, 0.6) is 0 Å². The van der Waals surface area contributed by atoms with Crippen LogP contribution < -0.4 is 15.1 Å². The van der Waals surface area contributed by atoms with E-state index in [9.17, 15) is 0 Å². The van der Waals surface area contributed by atoms with Gasteiger partial charge in [-0.05, 0) is 30.8 Å². The van der Waals surface area contributed by atoms with Crippen LogP contribution in [0.25, 0.3) is 0 Å². The van der Waals surface area contributed by atoms with E-state index in [1.54, 1.807) is 0 Å². The van der Waals surface area contributed by atoms with Crippen LogP contribution in [-0.2, 0) is 0 Å². The molecule has 18 heavy (non-hydrogen) atoms. The third-order valence-electron chi connectivity index (χ3n) is 3.29. The lowest BCUT2D eigenvalue weighted by molar-refractivity contribution is 0.743. The minimum Gasteiger partial charge on any atom is -0.371 e. The van der Waals surface area contributed by atoms with Crippen molar-refractivity contribution in [1.29, 1.82) is 0 Å². The number of hydrogen-bond donors (Lipinski definition) is 1. The number of nitrogens with zero attached hydrogens (tertiary/aromatic N) is 2. The highest BCUT2D eigenvalue weighted by atomic mass is 32.1. The Morgan fingerprint density at radius 2 is 2.00 bits per heavy atom. The lowest BCUT2D eigenvalue weighted by atomic mass is 10.2. The summed E-state index contributed by atoms with van der Waals surface area (Å²) in [4.78, 5) is 4.49. The number of thiocarbonyl (C=S) groups is 1. The molecule has 1 aliphatic rings. The van der Waals surface area contributed by atoms with E-state index in [1.807, 2.05) is 0 Å². The fourth-order valence-electron chi connectivity index (χ4n) is 2.18. The number of hydrogen-bond acceptors (Lipinski definition) is 2. The first-order valence-corrected chi connectivity index (χ1v) is 7.00. The average Bonchev–Trinajstić information content (AvgIpc) is 2.39. The Labute approximate surface area is 115 Å². The molecule has 1 heterocycles. The summed E-state index contributed by atoms with van der Waals surface area (Å²) < 4.78 is 0. The van der Waals surface area contributed by atoms with Gasteiger partial charge in [-0.2, -0.15) is 0 Å². The van der Waals surface area contributed by atoms with Gasteiger partial charge < -0.3 is 15.1 Å². The molecule has 1 aromatic rings. The molecule has 0 saturated carbocycles. The minimum absolute atomic E-state index is 0.851. The van der Waals surface area contributed by atoms with E-state index < -0.39 is 0 Å². The highest BCUT2D eigenvalue weighted by molar-refractivity contribution is 7.80. The third kappa shape index (κ3) is 2.75. The first kappa shape index (κ1) is 13.1. The number of benzene rings is 1. The Bertz CT molecular complexity index is 419. The Balaban J connectivity index is 2.11. The van der Waals surface area contributed by atoms with Crippen LogP contribution in [0.2, 0.25) is 0 Å². The molecule has 4 heteroatoms. The normalized spacial score (nSPS) is 14.3. The Hall–Kier alpha value is -1.29. The van der Waals surface area contributed by atoms with Crippen molar-refractivity contribution in [1.82, 2.24) is 5.32 Å². The summed E-state index contributed by atoms with van der Waals surface area (Å²) in [6.45, 7) is 5.11. The quantitative estimate of drug-likeness (QED) is 0.667. The number of likely N-dealkylation sites (N-methyl/N-ethyl adjacent to an activating group) is 1. The molecule has 3 nitrogen and oxygen atoms in total. The smallest absolute Gasteiger partial charge is 0.173 e. The summed E-state index contributed by atoms with van der Waals surface area (Å²) in [5.41, 5.74) is 2.46. The molecular weight excluding hydrogens is 242 g/mol. The van der Waals surface area contributed by atoms with Crippen LogP contribution in [0.15, 0.2) is 24.3 Å². The third-order valence-corrected chi connectivity index (χ3v) is 3.66. The summed E-state index contributed by atoms with van der Waals surface area (Å²) in [6.07, 6.45) is 2.35. The van der Waals surface area contributed by atoms with E-state index in [0.29, 0.717) is 0 Å². The molecule has 0 bridgehead atoms. The van der Waals surface area contributed by atoms with E-state index in [1.165, 1.54) is 17.8 Å². The van der Waals surface area contributed by atoms with Gasteiger partial charge in [0.15, 0.2) is 5.11 Å². The van der Waals surface area contributed by atoms with Crippen molar-refractivity contribution in [3.05, 3.63) is 24.3 Å². The summed E-state index contributed by atoms with van der Waals surface area (Å²) in [5, 5.41) is 4.20. The lowest BCUT2D eigenvalue weighted by Gasteiger charge is -2.37. The number of fused-ring (bicyclic) bond motifs is 1. The standard InChI is InChI=1S/C14H21N3S/c1-3-4-9-15-14(18)17-11-10-16(2)12-7-5-6-8-13(12)17/h5-8H,3-4,9-11H2,1-2H3,(H,15,18). The second kappa shape index (κ2) is 6.05. The summed E-state index contributed by atoms with van der Waals surface area (Å²) in [7, 11) is 2.13. The molecule has 0 spiro atoms. The van der Waals surface area contributed by atoms with Crippen LogP contribution in [0.3, 0.4) is 0 Å². The number of anilines is 2. The van der Waals surface area contributed by atoms with E-state index >= 15 is 0 Å². The highest BCUT2D eigenvalue weighted by Gasteiger charge is 2.22. The predicted octanol–water partition coefficient (Wildman–Crippen LogP) is 2.62. The fourth-order valence-corrected chi connectivity index (χ4v) is 2.48. The van der Waals surface area contributed by atoms with Crippen molar-refractivity contribution in [3.63, 3.8) is 0 Å². The van der Waals surface area contributed by atoms with Crippen LogP contribution in [-0.4, -0.2) is 31.8 Å². The second-order valence-electron chi connectivity index (χ2n) is 4.65.